The number of hydrogen-bond acceptors (Lipinski definition) is 1. The molecule has 0 aliphatic rings. The summed E-state index contributed by atoms with van der Waals surface area (Å²) >= 11 is 6.08. The quantitative estimate of drug-likeness (QED) is 0.768. The fourth-order valence-corrected chi connectivity index (χ4v) is 2.10. The molecule has 0 radical (unpaired) electrons. The number of aliphatic hydroxyl groups is 1. The first-order valence-electron chi connectivity index (χ1n) is 4.53. The topological polar surface area (TPSA) is 25.2 Å². The van der Waals surface area contributed by atoms with Gasteiger partial charge in [-0.25, -0.2) is 0 Å². The van der Waals surface area contributed by atoms with E-state index in [2.05, 4.69) is 0 Å². The minimum Gasteiger partial charge on any atom is -0.387 e. The molecule has 0 saturated heterocycles. The largest absolute Gasteiger partial charge is 0.387 e. The van der Waals surface area contributed by atoms with Crippen molar-refractivity contribution in [2.24, 2.45) is 7.05 Å². The minimum absolute atomic E-state index is 0.469. The lowest BCUT2D eigenvalue weighted by Gasteiger charge is -2.06. The average molecular weight is 210 g/mol. The molecule has 14 heavy (non-hydrogen) atoms. The Morgan fingerprint density at radius 2 is 2.14 bits per heavy atom. The van der Waals surface area contributed by atoms with Crippen molar-refractivity contribution in [3.8, 4) is 0 Å². The number of aliphatic hydroxyl groups excluding tert-OH is 1. The summed E-state index contributed by atoms with van der Waals surface area (Å²) in [7, 11) is 1.91. The summed E-state index contributed by atoms with van der Waals surface area (Å²) < 4.78 is 1.93. The minimum atomic E-state index is -0.469. The molecule has 2 nitrogen and oxygen atoms in total. The van der Waals surface area contributed by atoms with Crippen LogP contribution in [0.15, 0.2) is 24.3 Å². The van der Waals surface area contributed by atoms with E-state index in [9.17, 15) is 5.11 Å². The van der Waals surface area contributed by atoms with E-state index in [1.807, 2.05) is 35.9 Å². The molecule has 0 aliphatic carbocycles. The molecule has 1 N–H and O–H groups in total. The second-order valence-corrected chi connectivity index (χ2v) is 3.89. The SMILES string of the molecule is CC(O)c1cc2cccc(Cl)c2n1C. The highest BCUT2D eigenvalue weighted by Gasteiger charge is 2.11. The number of para-hydroxylation sites is 1. The first-order chi connectivity index (χ1) is 6.61. The third-order valence-electron chi connectivity index (χ3n) is 2.47. The molecule has 0 aliphatic heterocycles. The molecule has 0 bridgehead atoms. The van der Waals surface area contributed by atoms with E-state index in [1.165, 1.54) is 0 Å². The molecule has 1 atom stereocenters. The molecule has 0 spiro atoms. The van der Waals surface area contributed by atoms with Gasteiger partial charge in [0.25, 0.3) is 0 Å². The molecule has 1 aromatic heterocycles. The summed E-state index contributed by atoms with van der Waals surface area (Å²) in [6.07, 6.45) is -0.469. The first kappa shape index (κ1) is 9.56. The number of benzene rings is 1. The smallest absolute Gasteiger partial charge is 0.0912 e. The number of rotatable bonds is 1. The van der Waals surface area contributed by atoms with Crippen molar-refractivity contribution in [3.63, 3.8) is 0 Å². The Morgan fingerprint density at radius 3 is 2.71 bits per heavy atom. The van der Waals surface area contributed by atoms with Crippen molar-refractivity contribution in [2.45, 2.75) is 13.0 Å². The molecular weight excluding hydrogens is 198 g/mol. The van der Waals surface area contributed by atoms with Gasteiger partial charge in [-0.05, 0) is 19.1 Å². The summed E-state index contributed by atoms with van der Waals surface area (Å²) in [5.41, 5.74) is 1.86. The molecule has 2 rings (SSSR count). The summed E-state index contributed by atoms with van der Waals surface area (Å²) in [4.78, 5) is 0. The number of aryl methyl sites for hydroxylation is 1. The van der Waals surface area contributed by atoms with Crippen molar-refractivity contribution in [1.82, 2.24) is 4.57 Å². The zero-order chi connectivity index (χ0) is 10.3. The van der Waals surface area contributed by atoms with Crippen molar-refractivity contribution >= 4 is 22.5 Å². The standard InChI is InChI=1S/C11H12ClNO/c1-7(14)10-6-8-4-3-5-9(12)11(8)13(10)2/h3-7,14H,1-2H3. The Morgan fingerprint density at radius 1 is 1.43 bits per heavy atom. The van der Waals surface area contributed by atoms with Crippen LogP contribution in [0.1, 0.15) is 18.7 Å². The second-order valence-electron chi connectivity index (χ2n) is 3.48. The van der Waals surface area contributed by atoms with Crippen LogP contribution in [0, 0.1) is 0 Å². The third kappa shape index (κ3) is 1.31. The Kier molecular flexibility index (Phi) is 2.25. The predicted octanol–water partition coefficient (Wildman–Crippen LogP) is 2.89. The molecule has 74 valence electrons. The van der Waals surface area contributed by atoms with Crippen LogP contribution in [0.2, 0.25) is 5.02 Å². The van der Waals surface area contributed by atoms with Crippen molar-refractivity contribution in [3.05, 3.63) is 35.0 Å². The van der Waals surface area contributed by atoms with Gasteiger partial charge in [0.05, 0.1) is 16.6 Å². The van der Waals surface area contributed by atoms with Crippen LogP contribution in [-0.2, 0) is 7.05 Å². The average Bonchev–Trinajstić information content (AvgIpc) is 2.45. The highest BCUT2D eigenvalue weighted by molar-refractivity contribution is 6.35. The number of aromatic nitrogens is 1. The zero-order valence-corrected chi connectivity index (χ0v) is 8.92. The monoisotopic (exact) mass is 209 g/mol. The van der Waals surface area contributed by atoms with E-state index >= 15 is 0 Å². The molecule has 1 heterocycles. The Bertz CT molecular complexity index is 473. The van der Waals surface area contributed by atoms with E-state index in [0.717, 1.165) is 21.6 Å². The zero-order valence-electron chi connectivity index (χ0n) is 8.16. The lowest BCUT2D eigenvalue weighted by atomic mass is 10.2. The summed E-state index contributed by atoms with van der Waals surface area (Å²) in [6.45, 7) is 1.75. The normalized spacial score (nSPS) is 13.4. The number of fused-ring (bicyclic) bond motifs is 1. The van der Waals surface area contributed by atoms with Gasteiger partial charge in [0.15, 0.2) is 0 Å². The Labute approximate surface area is 87.7 Å². The molecule has 2 aromatic rings. The van der Waals surface area contributed by atoms with E-state index in [4.69, 9.17) is 11.6 Å². The van der Waals surface area contributed by atoms with Crippen molar-refractivity contribution < 1.29 is 5.11 Å². The van der Waals surface area contributed by atoms with Crippen LogP contribution in [0.25, 0.3) is 10.9 Å². The van der Waals surface area contributed by atoms with Gasteiger partial charge in [0.1, 0.15) is 0 Å². The van der Waals surface area contributed by atoms with E-state index in [0.29, 0.717) is 0 Å². The number of halogens is 1. The van der Waals surface area contributed by atoms with Gasteiger partial charge < -0.3 is 9.67 Å². The van der Waals surface area contributed by atoms with E-state index < -0.39 is 6.10 Å². The lowest BCUT2D eigenvalue weighted by molar-refractivity contribution is 0.191. The van der Waals surface area contributed by atoms with E-state index in [-0.39, 0.29) is 0 Å². The van der Waals surface area contributed by atoms with Gasteiger partial charge >= 0.3 is 0 Å². The summed E-state index contributed by atoms with van der Waals surface area (Å²) in [6, 6.07) is 7.73. The second kappa shape index (κ2) is 3.30. The van der Waals surface area contributed by atoms with Gasteiger partial charge in [-0.3, -0.25) is 0 Å². The highest BCUT2D eigenvalue weighted by Crippen LogP contribution is 2.28. The highest BCUT2D eigenvalue weighted by atomic mass is 35.5. The van der Waals surface area contributed by atoms with Gasteiger partial charge in [0.2, 0.25) is 0 Å². The van der Waals surface area contributed by atoms with Gasteiger partial charge in [-0.15, -0.1) is 0 Å². The molecule has 0 fully saturated rings. The maximum absolute atomic E-state index is 9.53. The van der Waals surface area contributed by atoms with Crippen LogP contribution in [0.5, 0.6) is 0 Å². The maximum atomic E-state index is 9.53. The molecule has 0 saturated carbocycles. The molecule has 1 aromatic carbocycles. The van der Waals surface area contributed by atoms with Crippen molar-refractivity contribution in [2.75, 3.05) is 0 Å². The summed E-state index contributed by atoms with van der Waals surface area (Å²) in [5.74, 6) is 0. The van der Waals surface area contributed by atoms with Crippen LogP contribution >= 0.6 is 11.6 Å². The molecule has 1 unspecified atom stereocenters. The fourth-order valence-electron chi connectivity index (χ4n) is 1.79. The maximum Gasteiger partial charge on any atom is 0.0912 e. The van der Waals surface area contributed by atoms with Gasteiger partial charge in [0, 0.05) is 18.1 Å². The van der Waals surface area contributed by atoms with Crippen molar-refractivity contribution in [1.29, 1.82) is 0 Å². The Hall–Kier alpha value is -0.990. The third-order valence-corrected chi connectivity index (χ3v) is 2.78. The summed E-state index contributed by atoms with van der Waals surface area (Å²) in [5, 5.41) is 11.3. The molecule has 3 heteroatoms. The predicted molar refractivity (Wildman–Crippen MR) is 58.6 cm³/mol. The van der Waals surface area contributed by atoms with Crippen LogP contribution in [0.4, 0.5) is 0 Å². The first-order valence-corrected chi connectivity index (χ1v) is 4.91. The molecular formula is C11H12ClNO. The Balaban J connectivity index is 2.81. The number of nitrogens with zero attached hydrogens (tertiary/aromatic N) is 1. The van der Waals surface area contributed by atoms with E-state index in [1.54, 1.807) is 6.92 Å². The van der Waals surface area contributed by atoms with Gasteiger partial charge in [-0.1, -0.05) is 23.7 Å². The van der Waals surface area contributed by atoms with Crippen LogP contribution in [0.3, 0.4) is 0 Å². The number of hydrogen-bond donors (Lipinski definition) is 1. The lowest BCUT2D eigenvalue weighted by Crippen LogP contribution is -1.99. The van der Waals surface area contributed by atoms with Gasteiger partial charge in [-0.2, -0.15) is 0 Å². The molecule has 0 amide bonds. The van der Waals surface area contributed by atoms with Crippen LogP contribution < -0.4 is 0 Å². The van der Waals surface area contributed by atoms with Crippen LogP contribution in [-0.4, -0.2) is 9.67 Å². The fraction of sp³-hybridized carbons (Fsp3) is 0.273.